The van der Waals surface area contributed by atoms with Gasteiger partial charge in [-0.05, 0) is 51.1 Å². The summed E-state index contributed by atoms with van der Waals surface area (Å²) < 4.78 is 0. The molecule has 1 amide bonds. The third-order valence-electron chi connectivity index (χ3n) is 6.41. The van der Waals surface area contributed by atoms with Gasteiger partial charge in [-0.1, -0.05) is 35.9 Å². The van der Waals surface area contributed by atoms with Crippen LogP contribution in [0.15, 0.2) is 60.7 Å². The summed E-state index contributed by atoms with van der Waals surface area (Å²) in [6, 6.07) is 15.4. The molecule has 2 atom stereocenters. The number of hydrogen-bond donors (Lipinski definition) is 1. The maximum absolute atomic E-state index is 13.2. The minimum Gasteiger partial charge on any atom is -0.325 e. The van der Waals surface area contributed by atoms with Gasteiger partial charge in [-0.2, -0.15) is 0 Å². The average molecular weight is 482 g/mol. The standard InChI is InChI=1S/C29H23NO6/c1-15-4-9-21(10-5-15)30-29(36)17(3)27(34)23-12-18(6-7-20(23)14-31)28(35)19-8-11-22-24(13-19)26(33)16(2)25(22)32/h4-14,16-17H,1-3H3,(H,30,36). The summed E-state index contributed by atoms with van der Waals surface area (Å²) >= 11 is 0. The molecule has 0 saturated carbocycles. The van der Waals surface area contributed by atoms with Crippen molar-refractivity contribution in [1.29, 1.82) is 0 Å². The number of rotatable bonds is 7. The van der Waals surface area contributed by atoms with Gasteiger partial charge in [0, 0.05) is 39.1 Å². The molecule has 0 spiro atoms. The number of carbonyl (C=O) groups is 6. The Bertz CT molecular complexity index is 1450. The third kappa shape index (κ3) is 4.43. The van der Waals surface area contributed by atoms with Crippen LogP contribution in [0.5, 0.6) is 0 Å². The molecule has 0 radical (unpaired) electrons. The van der Waals surface area contributed by atoms with Gasteiger partial charge in [0.2, 0.25) is 5.91 Å². The van der Waals surface area contributed by atoms with Crippen molar-refractivity contribution in [3.05, 3.63) is 99.6 Å². The summed E-state index contributed by atoms with van der Waals surface area (Å²) in [6.45, 7) is 4.87. The van der Waals surface area contributed by atoms with E-state index in [-0.39, 0.29) is 44.9 Å². The fourth-order valence-electron chi connectivity index (χ4n) is 4.11. The van der Waals surface area contributed by atoms with Crippen LogP contribution in [0.25, 0.3) is 0 Å². The first-order valence-electron chi connectivity index (χ1n) is 11.4. The van der Waals surface area contributed by atoms with E-state index in [1.165, 1.54) is 50.2 Å². The first-order chi connectivity index (χ1) is 17.1. The van der Waals surface area contributed by atoms with Gasteiger partial charge in [0.25, 0.3) is 0 Å². The number of nitrogens with one attached hydrogen (secondary N) is 1. The van der Waals surface area contributed by atoms with E-state index in [2.05, 4.69) is 5.32 Å². The van der Waals surface area contributed by atoms with Crippen LogP contribution < -0.4 is 5.32 Å². The molecule has 7 nitrogen and oxygen atoms in total. The lowest BCUT2D eigenvalue weighted by Crippen LogP contribution is -2.28. The van der Waals surface area contributed by atoms with Crippen molar-refractivity contribution in [2.24, 2.45) is 11.8 Å². The highest BCUT2D eigenvalue weighted by molar-refractivity contribution is 6.27. The number of Topliss-reactive ketones (excluding diaryl/α,β-unsaturated/α-hetero) is 3. The number of carbonyl (C=O) groups excluding carboxylic acids is 6. The quantitative estimate of drug-likeness (QED) is 0.302. The summed E-state index contributed by atoms with van der Waals surface area (Å²) in [4.78, 5) is 75.2. The Morgan fingerprint density at radius 2 is 1.47 bits per heavy atom. The molecule has 4 rings (SSSR count). The molecule has 0 fully saturated rings. The molecular formula is C29H23NO6. The second-order valence-electron chi connectivity index (χ2n) is 8.90. The number of amides is 1. The monoisotopic (exact) mass is 481 g/mol. The molecule has 180 valence electrons. The maximum Gasteiger partial charge on any atom is 0.235 e. The average Bonchev–Trinajstić information content (AvgIpc) is 3.11. The molecule has 0 aliphatic heterocycles. The molecule has 2 unspecified atom stereocenters. The second-order valence-corrected chi connectivity index (χ2v) is 8.90. The number of aldehydes is 1. The highest BCUT2D eigenvalue weighted by atomic mass is 16.2. The van der Waals surface area contributed by atoms with Gasteiger partial charge in [0.1, 0.15) is 0 Å². The Morgan fingerprint density at radius 1 is 0.861 bits per heavy atom. The molecule has 3 aromatic rings. The third-order valence-corrected chi connectivity index (χ3v) is 6.41. The molecule has 7 heteroatoms. The molecule has 0 heterocycles. The first kappa shape index (κ1) is 24.6. The lowest BCUT2D eigenvalue weighted by molar-refractivity contribution is -0.118. The number of hydrogen-bond acceptors (Lipinski definition) is 6. The minimum absolute atomic E-state index is 0.0510. The van der Waals surface area contributed by atoms with Crippen molar-refractivity contribution in [2.75, 3.05) is 5.32 Å². The van der Waals surface area contributed by atoms with E-state index in [0.717, 1.165) is 5.56 Å². The lowest BCUT2D eigenvalue weighted by Gasteiger charge is -2.14. The summed E-state index contributed by atoms with van der Waals surface area (Å²) in [6.07, 6.45) is 0.493. The molecular weight excluding hydrogens is 458 g/mol. The van der Waals surface area contributed by atoms with Gasteiger partial charge < -0.3 is 5.32 Å². The molecule has 1 aliphatic carbocycles. The van der Waals surface area contributed by atoms with Crippen LogP contribution in [0, 0.1) is 18.8 Å². The van der Waals surface area contributed by atoms with Crippen molar-refractivity contribution in [3.8, 4) is 0 Å². The SMILES string of the molecule is Cc1ccc(NC(=O)C(C)C(=O)c2cc(C(=O)c3ccc4c(c3)C(=O)C(C)C4=O)ccc2C=O)cc1. The molecule has 36 heavy (non-hydrogen) atoms. The summed E-state index contributed by atoms with van der Waals surface area (Å²) in [5.41, 5.74) is 2.31. The number of ketones is 4. The Hall–Kier alpha value is -4.52. The minimum atomic E-state index is -1.12. The Balaban J connectivity index is 1.61. The van der Waals surface area contributed by atoms with E-state index in [1.54, 1.807) is 12.1 Å². The predicted octanol–water partition coefficient (Wildman–Crippen LogP) is 4.51. The van der Waals surface area contributed by atoms with Crippen molar-refractivity contribution in [3.63, 3.8) is 0 Å². The van der Waals surface area contributed by atoms with E-state index in [9.17, 15) is 28.8 Å². The van der Waals surface area contributed by atoms with Gasteiger partial charge in [-0.3, -0.25) is 28.8 Å². The fourth-order valence-corrected chi connectivity index (χ4v) is 4.11. The van der Waals surface area contributed by atoms with Gasteiger partial charge in [0.15, 0.2) is 29.4 Å². The molecule has 0 bridgehead atoms. The van der Waals surface area contributed by atoms with Crippen LogP contribution in [0.2, 0.25) is 0 Å². The number of benzene rings is 3. The highest BCUT2D eigenvalue weighted by Crippen LogP contribution is 2.28. The Labute approximate surface area is 207 Å². The lowest BCUT2D eigenvalue weighted by atomic mass is 9.91. The van der Waals surface area contributed by atoms with Crippen LogP contribution in [0.3, 0.4) is 0 Å². The van der Waals surface area contributed by atoms with Gasteiger partial charge in [0.05, 0.1) is 11.8 Å². The van der Waals surface area contributed by atoms with Crippen LogP contribution in [-0.4, -0.2) is 35.3 Å². The molecule has 1 aliphatic rings. The van der Waals surface area contributed by atoms with E-state index >= 15 is 0 Å². The molecule has 0 aromatic heterocycles. The number of anilines is 1. The Morgan fingerprint density at radius 3 is 2.14 bits per heavy atom. The normalized spacial score (nSPS) is 15.2. The summed E-state index contributed by atoms with van der Waals surface area (Å²) in [7, 11) is 0. The van der Waals surface area contributed by atoms with Crippen LogP contribution in [0.4, 0.5) is 5.69 Å². The smallest absolute Gasteiger partial charge is 0.235 e. The van der Waals surface area contributed by atoms with E-state index in [0.29, 0.717) is 12.0 Å². The van der Waals surface area contributed by atoms with Crippen molar-refractivity contribution in [2.45, 2.75) is 20.8 Å². The Kier molecular flexibility index (Phi) is 6.57. The topological polar surface area (TPSA) is 114 Å². The van der Waals surface area contributed by atoms with Crippen molar-refractivity contribution < 1.29 is 28.8 Å². The zero-order valence-electron chi connectivity index (χ0n) is 20.0. The van der Waals surface area contributed by atoms with E-state index < -0.39 is 29.3 Å². The van der Waals surface area contributed by atoms with E-state index in [4.69, 9.17) is 0 Å². The predicted molar refractivity (Wildman–Crippen MR) is 133 cm³/mol. The van der Waals surface area contributed by atoms with Gasteiger partial charge in [-0.15, -0.1) is 0 Å². The number of fused-ring (bicyclic) bond motifs is 1. The molecule has 0 saturated heterocycles. The maximum atomic E-state index is 13.2. The summed E-state index contributed by atoms with van der Waals surface area (Å²) in [5, 5.41) is 2.68. The highest BCUT2D eigenvalue weighted by Gasteiger charge is 2.35. The van der Waals surface area contributed by atoms with Gasteiger partial charge >= 0.3 is 0 Å². The van der Waals surface area contributed by atoms with Gasteiger partial charge in [-0.25, -0.2) is 0 Å². The van der Waals surface area contributed by atoms with Crippen LogP contribution >= 0.6 is 0 Å². The second kappa shape index (κ2) is 9.62. The molecule has 1 N–H and O–H groups in total. The largest absolute Gasteiger partial charge is 0.325 e. The van der Waals surface area contributed by atoms with Crippen LogP contribution in [-0.2, 0) is 4.79 Å². The number of aryl methyl sites for hydroxylation is 1. The van der Waals surface area contributed by atoms with Crippen molar-refractivity contribution in [1.82, 2.24) is 0 Å². The fraction of sp³-hybridized carbons (Fsp3) is 0.172. The zero-order valence-corrected chi connectivity index (χ0v) is 20.0. The zero-order chi connectivity index (χ0) is 26.1. The summed E-state index contributed by atoms with van der Waals surface area (Å²) in [5.74, 6) is -4.18. The van der Waals surface area contributed by atoms with Crippen molar-refractivity contribution >= 4 is 41.0 Å². The molecule has 3 aromatic carbocycles. The first-order valence-corrected chi connectivity index (χ1v) is 11.4. The van der Waals surface area contributed by atoms with Crippen LogP contribution in [0.1, 0.15) is 76.8 Å². The van der Waals surface area contributed by atoms with E-state index in [1.807, 2.05) is 19.1 Å².